The molecule has 0 N–H and O–H groups in total. The molecule has 4 aromatic carbocycles. The van der Waals surface area contributed by atoms with Crippen LogP contribution in [0, 0.1) is 11.8 Å². The fourth-order valence-electron chi connectivity index (χ4n) is 3.89. The predicted octanol–water partition coefficient (Wildman–Crippen LogP) is 8.04. The van der Waals surface area contributed by atoms with E-state index in [4.69, 9.17) is 4.74 Å². The molecule has 160 valence electrons. The normalized spacial score (nSPS) is 10.6. The highest BCUT2D eigenvalue weighted by atomic mass is 16.5. The van der Waals surface area contributed by atoms with Crippen LogP contribution in [-0.2, 0) is 6.42 Å². The lowest BCUT2D eigenvalue weighted by molar-refractivity contribution is 0.341. The third-order valence-corrected chi connectivity index (χ3v) is 5.72. The highest BCUT2D eigenvalue weighted by molar-refractivity contribution is 5.85. The van der Waals surface area contributed by atoms with Crippen molar-refractivity contribution in [3.8, 4) is 28.7 Å². The van der Waals surface area contributed by atoms with Gasteiger partial charge in [0, 0.05) is 11.1 Å². The first-order valence-corrected chi connectivity index (χ1v) is 11.6. The SMILES string of the molecule is CCCCCc1ccc(-c2ccc(C#Cc3ccc4cc(OCC)ccc4c3)cc2)cc1. The summed E-state index contributed by atoms with van der Waals surface area (Å²) in [6.45, 7) is 4.93. The zero-order valence-electron chi connectivity index (χ0n) is 19.0. The second-order valence-corrected chi connectivity index (χ2v) is 8.14. The van der Waals surface area contributed by atoms with E-state index in [1.54, 1.807) is 0 Å². The molecule has 0 unspecified atom stereocenters. The van der Waals surface area contributed by atoms with E-state index in [1.807, 2.05) is 13.0 Å². The molecule has 0 aliphatic carbocycles. The molecule has 1 heteroatoms. The number of unbranched alkanes of at least 4 members (excludes halogenated alkanes) is 2. The van der Waals surface area contributed by atoms with E-state index >= 15 is 0 Å². The van der Waals surface area contributed by atoms with Gasteiger partial charge in [-0.05, 0) is 83.6 Å². The van der Waals surface area contributed by atoms with E-state index in [0.717, 1.165) is 16.9 Å². The fraction of sp³-hybridized carbons (Fsp3) is 0.226. The van der Waals surface area contributed by atoms with Gasteiger partial charge in [-0.15, -0.1) is 0 Å². The molecule has 4 rings (SSSR count). The molecule has 1 nitrogen and oxygen atoms in total. The highest BCUT2D eigenvalue weighted by Gasteiger charge is 2.00. The summed E-state index contributed by atoms with van der Waals surface area (Å²) in [7, 11) is 0. The van der Waals surface area contributed by atoms with Gasteiger partial charge in [-0.1, -0.05) is 80.1 Å². The molecule has 0 amide bonds. The zero-order valence-corrected chi connectivity index (χ0v) is 19.0. The molecule has 0 saturated carbocycles. The van der Waals surface area contributed by atoms with E-state index in [-0.39, 0.29) is 0 Å². The molecule has 0 atom stereocenters. The Labute approximate surface area is 192 Å². The Hall–Kier alpha value is -3.50. The summed E-state index contributed by atoms with van der Waals surface area (Å²) >= 11 is 0. The molecule has 0 fully saturated rings. The predicted molar refractivity (Wildman–Crippen MR) is 136 cm³/mol. The van der Waals surface area contributed by atoms with Crippen molar-refractivity contribution in [2.75, 3.05) is 6.61 Å². The molecule has 0 aliphatic heterocycles. The Balaban J connectivity index is 1.44. The molecule has 32 heavy (non-hydrogen) atoms. The van der Waals surface area contributed by atoms with Crippen molar-refractivity contribution < 1.29 is 4.74 Å². The summed E-state index contributed by atoms with van der Waals surface area (Å²) in [5.74, 6) is 7.51. The number of ether oxygens (including phenoxy) is 1. The maximum Gasteiger partial charge on any atom is 0.119 e. The molecular formula is C31H30O. The van der Waals surface area contributed by atoms with Crippen LogP contribution in [0.1, 0.15) is 49.8 Å². The smallest absolute Gasteiger partial charge is 0.119 e. The van der Waals surface area contributed by atoms with Crippen molar-refractivity contribution >= 4 is 10.8 Å². The molecule has 0 aliphatic rings. The lowest BCUT2D eigenvalue weighted by Gasteiger charge is -2.05. The van der Waals surface area contributed by atoms with Crippen LogP contribution in [0.3, 0.4) is 0 Å². The Bertz CT molecular complexity index is 1220. The van der Waals surface area contributed by atoms with Crippen LogP contribution in [0.4, 0.5) is 0 Å². The highest BCUT2D eigenvalue weighted by Crippen LogP contribution is 2.23. The first kappa shape index (κ1) is 21.7. The Kier molecular flexibility index (Phi) is 7.26. The third kappa shape index (κ3) is 5.59. The molecule has 0 bridgehead atoms. The van der Waals surface area contributed by atoms with Crippen molar-refractivity contribution in [3.63, 3.8) is 0 Å². The molecular weight excluding hydrogens is 388 g/mol. The minimum Gasteiger partial charge on any atom is -0.494 e. The average molecular weight is 419 g/mol. The van der Waals surface area contributed by atoms with Crippen molar-refractivity contribution in [3.05, 3.63) is 102 Å². The van der Waals surface area contributed by atoms with Crippen molar-refractivity contribution in [2.24, 2.45) is 0 Å². The van der Waals surface area contributed by atoms with Gasteiger partial charge < -0.3 is 4.74 Å². The summed E-state index contributed by atoms with van der Waals surface area (Å²) in [4.78, 5) is 0. The molecule has 0 heterocycles. The first-order chi connectivity index (χ1) is 15.7. The molecule has 0 aromatic heterocycles. The van der Waals surface area contributed by atoms with Crippen LogP contribution >= 0.6 is 0 Å². The molecule has 4 aromatic rings. The van der Waals surface area contributed by atoms with Crippen LogP contribution in [0.5, 0.6) is 5.75 Å². The standard InChI is InChI=1S/C31H30O/c1-3-5-6-7-24-10-15-27(16-11-24)28-17-12-25(13-18-28)8-9-26-14-19-30-23-31(32-4-2)21-20-29(30)22-26/h10-23H,3-7H2,1-2H3. The molecule has 0 radical (unpaired) electrons. The number of fused-ring (bicyclic) bond motifs is 1. The monoisotopic (exact) mass is 418 g/mol. The Morgan fingerprint density at radius 3 is 1.97 bits per heavy atom. The van der Waals surface area contributed by atoms with Crippen LogP contribution in [0.15, 0.2) is 84.9 Å². The summed E-state index contributed by atoms with van der Waals surface area (Å²) in [5, 5.41) is 2.34. The van der Waals surface area contributed by atoms with E-state index in [9.17, 15) is 0 Å². The second kappa shape index (κ2) is 10.7. The van der Waals surface area contributed by atoms with Crippen LogP contribution in [0.2, 0.25) is 0 Å². The van der Waals surface area contributed by atoms with E-state index in [1.165, 1.54) is 53.1 Å². The number of rotatable bonds is 7. The largest absolute Gasteiger partial charge is 0.494 e. The first-order valence-electron chi connectivity index (χ1n) is 11.6. The van der Waals surface area contributed by atoms with Crippen molar-refractivity contribution in [1.82, 2.24) is 0 Å². The van der Waals surface area contributed by atoms with Gasteiger partial charge in [0.15, 0.2) is 0 Å². The Morgan fingerprint density at radius 1 is 0.625 bits per heavy atom. The minimum atomic E-state index is 0.679. The number of hydrogen-bond acceptors (Lipinski definition) is 1. The van der Waals surface area contributed by atoms with E-state index < -0.39 is 0 Å². The van der Waals surface area contributed by atoms with Gasteiger partial charge in [0.2, 0.25) is 0 Å². The van der Waals surface area contributed by atoms with Gasteiger partial charge in [-0.25, -0.2) is 0 Å². The summed E-state index contributed by atoms with van der Waals surface area (Å²) in [5.41, 5.74) is 5.95. The van der Waals surface area contributed by atoms with Crippen LogP contribution in [0.25, 0.3) is 21.9 Å². The Morgan fingerprint density at radius 2 is 1.25 bits per heavy atom. The summed E-state index contributed by atoms with van der Waals surface area (Å²) in [6.07, 6.45) is 5.02. The van der Waals surface area contributed by atoms with E-state index in [0.29, 0.717) is 6.61 Å². The topological polar surface area (TPSA) is 9.23 Å². The van der Waals surface area contributed by atoms with Crippen LogP contribution < -0.4 is 4.74 Å². The van der Waals surface area contributed by atoms with Gasteiger partial charge in [-0.3, -0.25) is 0 Å². The van der Waals surface area contributed by atoms with Gasteiger partial charge in [-0.2, -0.15) is 0 Å². The second-order valence-electron chi connectivity index (χ2n) is 8.14. The zero-order chi connectivity index (χ0) is 22.2. The number of aryl methyl sites for hydroxylation is 1. The van der Waals surface area contributed by atoms with Crippen LogP contribution in [-0.4, -0.2) is 6.61 Å². The van der Waals surface area contributed by atoms with Gasteiger partial charge in [0.05, 0.1) is 6.61 Å². The van der Waals surface area contributed by atoms with Gasteiger partial charge >= 0.3 is 0 Å². The lowest BCUT2D eigenvalue weighted by atomic mass is 10.0. The number of hydrogen-bond donors (Lipinski definition) is 0. The third-order valence-electron chi connectivity index (χ3n) is 5.72. The van der Waals surface area contributed by atoms with E-state index in [2.05, 4.69) is 97.6 Å². The lowest BCUT2D eigenvalue weighted by Crippen LogP contribution is -1.90. The van der Waals surface area contributed by atoms with Gasteiger partial charge in [0.25, 0.3) is 0 Å². The molecule has 0 saturated heterocycles. The quantitative estimate of drug-likeness (QED) is 0.218. The van der Waals surface area contributed by atoms with Crippen molar-refractivity contribution in [2.45, 2.75) is 39.5 Å². The number of benzene rings is 4. The van der Waals surface area contributed by atoms with Crippen molar-refractivity contribution in [1.29, 1.82) is 0 Å². The molecule has 0 spiro atoms. The fourth-order valence-corrected chi connectivity index (χ4v) is 3.89. The summed E-state index contributed by atoms with van der Waals surface area (Å²) < 4.78 is 5.59. The van der Waals surface area contributed by atoms with Gasteiger partial charge in [0.1, 0.15) is 5.75 Å². The maximum absolute atomic E-state index is 5.59. The summed E-state index contributed by atoms with van der Waals surface area (Å²) in [6, 6.07) is 30.0. The maximum atomic E-state index is 5.59. The average Bonchev–Trinajstić information content (AvgIpc) is 2.84. The minimum absolute atomic E-state index is 0.679.